The number of benzene rings is 1. The minimum atomic E-state index is 0. The number of guanidine groups is 1. The molecule has 6 heteroatoms. The zero-order valence-electron chi connectivity index (χ0n) is 17.0. The van der Waals surface area contributed by atoms with Crippen molar-refractivity contribution in [2.45, 2.75) is 32.7 Å². The molecule has 1 saturated heterocycles. The van der Waals surface area contributed by atoms with Gasteiger partial charge >= 0.3 is 0 Å². The molecule has 0 spiro atoms. The van der Waals surface area contributed by atoms with Crippen molar-refractivity contribution in [1.29, 1.82) is 0 Å². The van der Waals surface area contributed by atoms with Gasteiger partial charge in [0, 0.05) is 51.2 Å². The van der Waals surface area contributed by atoms with Gasteiger partial charge in [-0.05, 0) is 33.5 Å². The first-order valence-electron chi connectivity index (χ1n) is 9.47. The van der Waals surface area contributed by atoms with Crippen LogP contribution in [0.1, 0.15) is 30.9 Å². The number of likely N-dealkylation sites (N-methyl/N-ethyl adjacent to an activating group) is 2. The number of nitrogens with one attached hydrogen (secondary N) is 2. The molecule has 1 heterocycles. The Bertz CT molecular complexity index is 546. The predicted molar refractivity (Wildman–Crippen MR) is 123 cm³/mol. The van der Waals surface area contributed by atoms with E-state index in [1.807, 2.05) is 0 Å². The van der Waals surface area contributed by atoms with Crippen LogP contribution in [0.15, 0.2) is 29.3 Å². The van der Waals surface area contributed by atoms with E-state index < -0.39 is 0 Å². The molecule has 2 rings (SSSR count). The molecule has 2 atom stereocenters. The Hall–Kier alpha value is -0.860. The first kappa shape index (κ1) is 23.2. The summed E-state index contributed by atoms with van der Waals surface area (Å²) in [6.45, 7) is 12.4. The third-order valence-electron chi connectivity index (χ3n) is 5.00. The summed E-state index contributed by atoms with van der Waals surface area (Å²) in [5.41, 5.74) is 2.65. The molecule has 148 valence electrons. The smallest absolute Gasteiger partial charge is 0.191 e. The SMILES string of the molecule is CCNC(=NCC(C)c1ccc(C)cc1)NCC1CN(C)CCN1C.I. The molecule has 0 bridgehead atoms. The van der Waals surface area contributed by atoms with Crippen molar-refractivity contribution < 1.29 is 0 Å². The van der Waals surface area contributed by atoms with Gasteiger partial charge in [0.1, 0.15) is 0 Å². The molecule has 0 aromatic heterocycles. The van der Waals surface area contributed by atoms with E-state index in [2.05, 4.69) is 79.6 Å². The summed E-state index contributed by atoms with van der Waals surface area (Å²) in [6, 6.07) is 9.30. The highest BCUT2D eigenvalue weighted by atomic mass is 127. The van der Waals surface area contributed by atoms with Crippen LogP contribution in [0.4, 0.5) is 0 Å². The van der Waals surface area contributed by atoms with Crippen LogP contribution in [0.5, 0.6) is 0 Å². The molecule has 0 amide bonds. The minimum absolute atomic E-state index is 0. The molecule has 1 aromatic carbocycles. The van der Waals surface area contributed by atoms with Crippen LogP contribution in [0.3, 0.4) is 0 Å². The molecule has 2 N–H and O–H groups in total. The van der Waals surface area contributed by atoms with Crippen LogP contribution in [0.2, 0.25) is 0 Å². The van der Waals surface area contributed by atoms with E-state index in [0.29, 0.717) is 12.0 Å². The third kappa shape index (κ3) is 7.40. The maximum Gasteiger partial charge on any atom is 0.191 e. The lowest BCUT2D eigenvalue weighted by Crippen LogP contribution is -2.55. The van der Waals surface area contributed by atoms with Crippen molar-refractivity contribution in [1.82, 2.24) is 20.4 Å². The quantitative estimate of drug-likeness (QED) is 0.379. The minimum Gasteiger partial charge on any atom is -0.357 e. The van der Waals surface area contributed by atoms with Gasteiger partial charge in [-0.25, -0.2) is 0 Å². The molecule has 26 heavy (non-hydrogen) atoms. The fourth-order valence-corrected chi connectivity index (χ4v) is 3.11. The highest BCUT2D eigenvalue weighted by Gasteiger charge is 2.22. The van der Waals surface area contributed by atoms with E-state index in [1.165, 1.54) is 11.1 Å². The highest BCUT2D eigenvalue weighted by Crippen LogP contribution is 2.16. The second kappa shape index (κ2) is 11.8. The van der Waals surface area contributed by atoms with Gasteiger partial charge in [0.25, 0.3) is 0 Å². The Labute approximate surface area is 176 Å². The molecule has 0 radical (unpaired) electrons. The number of halogens is 1. The lowest BCUT2D eigenvalue weighted by Gasteiger charge is -2.38. The predicted octanol–water partition coefficient (Wildman–Crippen LogP) is 2.52. The van der Waals surface area contributed by atoms with Crippen molar-refractivity contribution in [3.05, 3.63) is 35.4 Å². The first-order valence-corrected chi connectivity index (χ1v) is 9.47. The molecule has 1 aliphatic rings. The lowest BCUT2D eigenvalue weighted by molar-refractivity contribution is 0.116. The molecule has 5 nitrogen and oxygen atoms in total. The molecule has 1 aromatic rings. The van der Waals surface area contributed by atoms with Crippen LogP contribution in [0.25, 0.3) is 0 Å². The summed E-state index contributed by atoms with van der Waals surface area (Å²) in [5.74, 6) is 1.34. The van der Waals surface area contributed by atoms with Gasteiger partial charge < -0.3 is 15.5 Å². The Balaban J connectivity index is 0.00000338. The van der Waals surface area contributed by atoms with E-state index in [4.69, 9.17) is 4.99 Å². The maximum absolute atomic E-state index is 4.80. The first-order chi connectivity index (χ1) is 12.0. The van der Waals surface area contributed by atoms with Crippen molar-refractivity contribution in [3.8, 4) is 0 Å². The van der Waals surface area contributed by atoms with E-state index in [9.17, 15) is 0 Å². The summed E-state index contributed by atoms with van der Waals surface area (Å²) in [6.07, 6.45) is 0. The number of piperazine rings is 1. The van der Waals surface area contributed by atoms with E-state index >= 15 is 0 Å². The van der Waals surface area contributed by atoms with E-state index in [0.717, 1.165) is 45.2 Å². The summed E-state index contributed by atoms with van der Waals surface area (Å²) in [5, 5.41) is 6.90. The topological polar surface area (TPSA) is 42.9 Å². The summed E-state index contributed by atoms with van der Waals surface area (Å²) >= 11 is 0. The van der Waals surface area contributed by atoms with Crippen LogP contribution in [0, 0.1) is 6.92 Å². The Morgan fingerprint density at radius 1 is 1.19 bits per heavy atom. The molecule has 1 fully saturated rings. The second-order valence-electron chi connectivity index (χ2n) is 7.31. The normalized spacial score (nSPS) is 20.3. The number of hydrogen-bond acceptors (Lipinski definition) is 3. The van der Waals surface area contributed by atoms with Crippen molar-refractivity contribution in [3.63, 3.8) is 0 Å². The molecule has 0 saturated carbocycles. The summed E-state index contributed by atoms with van der Waals surface area (Å²) in [4.78, 5) is 9.64. The van der Waals surface area contributed by atoms with Gasteiger partial charge in [-0.1, -0.05) is 36.8 Å². The third-order valence-corrected chi connectivity index (χ3v) is 5.00. The van der Waals surface area contributed by atoms with Crippen molar-refractivity contribution in [2.75, 3.05) is 53.4 Å². The lowest BCUT2D eigenvalue weighted by atomic mass is 10.0. The largest absolute Gasteiger partial charge is 0.357 e. The second-order valence-corrected chi connectivity index (χ2v) is 7.31. The molecular weight excluding hydrogens is 437 g/mol. The van der Waals surface area contributed by atoms with Crippen molar-refractivity contribution in [2.24, 2.45) is 4.99 Å². The van der Waals surface area contributed by atoms with Gasteiger partial charge in [0.2, 0.25) is 0 Å². The maximum atomic E-state index is 4.80. The standard InChI is InChI=1S/C20H35N5.HI/c1-6-21-20(23-14-19-15-24(4)11-12-25(19)5)22-13-17(3)18-9-7-16(2)8-10-18;/h7-10,17,19H,6,11-15H2,1-5H3,(H2,21,22,23);1H. The number of rotatable bonds is 6. The van der Waals surface area contributed by atoms with Crippen molar-refractivity contribution >= 4 is 29.9 Å². The van der Waals surface area contributed by atoms with Crippen LogP contribution in [-0.4, -0.2) is 75.2 Å². The number of aryl methyl sites for hydroxylation is 1. The van der Waals surface area contributed by atoms with Crippen LogP contribution < -0.4 is 10.6 Å². The fraction of sp³-hybridized carbons (Fsp3) is 0.650. The molecule has 2 unspecified atom stereocenters. The average molecular weight is 473 g/mol. The number of aliphatic imine (C=N–C) groups is 1. The summed E-state index contributed by atoms with van der Waals surface area (Å²) in [7, 11) is 4.41. The van der Waals surface area contributed by atoms with Gasteiger partial charge in [-0.3, -0.25) is 9.89 Å². The van der Waals surface area contributed by atoms with Crippen LogP contribution in [-0.2, 0) is 0 Å². The Kier molecular flexibility index (Phi) is 10.5. The Morgan fingerprint density at radius 2 is 1.88 bits per heavy atom. The molecular formula is C20H36IN5. The fourth-order valence-electron chi connectivity index (χ4n) is 3.11. The number of hydrogen-bond donors (Lipinski definition) is 2. The van der Waals surface area contributed by atoms with Gasteiger partial charge in [0.05, 0.1) is 0 Å². The zero-order valence-corrected chi connectivity index (χ0v) is 19.3. The highest BCUT2D eigenvalue weighted by molar-refractivity contribution is 14.0. The average Bonchev–Trinajstić information content (AvgIpc) is 2.60. The Morgan fingerprint density at radius 3 is 2.54 bits per heavy atom. The molecule has 0 aliphatic carbocycles. The van der Waals surface area contributed by atoms with Gasteiger partial charge in [0.15, 0.2) is 5.96 Å². The van der Waals surface area contributed by atoms with E-state index in [-0.39, 0.29) is 24.0 Å². The monoisotopic (exact) mass is 473 g/mol. The summed E-state index contributed by atoms with van der Waals surface area (Å²) < 4.78 is 0. The number of nitrogens with zero attached hydrogens (tertiary/aromatic N) is 3. The van der Waals surface area contributed by atoms with Gasteiger partial charge in [-0.15, -0.1) is 24.0 Å². The molecule has 1 aliphatic heterocycles. The zero-order chi connectivity index (χ0) is 18.2. The van der Waals surface area contributed by atoms with Gasteiger partial charge in [-0.2, -0.15) is 0 Å². The van der Waals surface area contributed by atoms with E-state index in [1.54, 1.807) is 0 Å². The van der Waals surface area contributed by atoms with Crippen LogP contribution >= 0.6 is 24.0 Å².